The third kappa shape index (κ3) is 5.79. The highest BCUT2D eigenvalue weighted by atomic mass is 16.7. The SMILES string of the molecule is CN(CCc1ccccc1)C1CCCN(C(=O)CCN2CCCCO2)C1. The summed E-state index contributed by atoms with van der Waals surface area (Å²) >= 11 is 0. The summed E-state index contributed by atoms with van der Waals surface area (Å²) in [5, 5.41) is 1.97. The van der Waals surface area contributed by atoms with Gasteiger partial charge in [-0.15, -0.1) is 0 Å². The lowest BCUT2D eigenvalue weighted by atomic mass is 10.0. The predicted molar refractivity (Wildman–Crippen MR) is 104 cm³/mol. The van der Waals surface area contributed by atoms with E-state index >= 15 is 0 Å². The number of piperidine rings is 1. The first-order valence-electron chi connectivity index (χ1n) is 10.1. The van der Waals surface area contributed by atoms with E-state index in [0.717, 1.165) is 58.6 Å². The van der Waals surface area contributed by atoms with E-state index in [0.29, 0.717) is 12.5 Å². The van der Waals surface area contributed by atoms with Crippen LogP contribution >= 0.6 is 0 Å². The molecule has 0 bridgehead atoms. The first-order valence-corrected chi connectivity index (χ1v) is 10.1. The summed E-state index contributed by atoms with van der Waals surface area (Å²) in [6.07, 6.45) is 6.23. The van der Waals surface area contributed by atoms with Gasteiger partial charge < -0.3 is 9.80 Å². The number of benzene rings is 1. The van der Waals surface area contributed by atoms with Crippen molar-refractivity contribution >= 4 is 5.91 Å². The Labute approximate surface area is 157 Å². The first kappa shape index (κ1) is 19.3. The molecule has 0 saturated carbocycles. The maximum Gasteiger partial charge on any atom is 0.224 e. The summed E-state index contributed by atoms with van der Waals surface area (Å²) in [6, 6.07) is 11.1. The second kappa shape index (κ2) is 10.0. The highest BCUT2D eigenvalue weighted by molar-refractivity contribution is 5.76. The van der Waals surface area contributed by atoms with Gasteiger partial charge in [-0.05, 0) is 44.7 Å². The van der Waals surface area contributed by atoms with Crippen LogP contribution in [0.2, 0.25) is 0 Å². The van der Waals surface area contributed by atoms with Crippen LogP contribution in [0.25, 0.3) is 0 Å². The van der Waals surface area contributed by atoms with Crippen molar-refractivity contribution in [2.24, 2.45) is 0 Å². The average molecular weight is 360 g/mol. The van der Waals surface area contributed by atoms with E-state index < -0.39 is 0 Å². The molecule has 0 spiro atoms. The van der Waals surface area contributed by atoms with Gasteiger partial charge in [-0.2, -0.15) is 5.06 Å². The first-order chi connectivity index (χ1) is 12.7. The van der Waals surface area contributed by atoms with Gasteiger partial charge in [0.05, 0.1) is 6.61 Å². The van der Waals surface area contributed by atoms with Gasteiger partial charge in [0.25, 0.3) is 0 Å². The monoisotopic (exact) mass is 359 g/mol. The summed E-state index contributed by atoms with van der Waals surface area (Å²) in [7, 11) is 2.20. The van der Waals surface area contributed by atoms with Crippen molar-refractivity contribution in [3.05, 3.63) is 35.9 Å². The predicted octanol–water partition coefficient (Wildman–Crippen LogP) is 2.57. The molecule has 2 fully saturated rings. The third-order valence-corrected chi connectivity index (χ3v) is 5.62. The lowest BCUT2D eigenvalue weighted by Gasteiger charge is -2.38. The Morgan fingerprint density at radius 2 is 2.04 bits per heavy atom. The Morgan fingerprint density at radius 3 is 2.81 bits per heavy atom. The molecule has 3 rings (SSSR count). The normalized spacial score (nSPS) is 21.9. The second-order valence-corrected chi connectivity index (χ2v) is 7.57. The van der Waals surface area contributed by atoms with Crippen molar-refractivity contribution in [1.82, 2.24) is 14.9 Å². The summed E-state index contributed by atoms with van der Waals surface area (Å²) in [5.74, 6) is 0.278. The van der Waals surface area contributed by atoms with Crippen LogP contribution < -0.4 is 0 Å². The van der Waals surface area contributed by atoms with Crippen LogP contribution in [0.4, 0.5) is 0 Å². The highest BCUT2D eigenvalue weighted by Gasteiger charge is 2.26. The van der Waals surface area contributed by atoms with E-state index in [1.807, 2.05) is 5.06 Å². The van der Waals surface area contributed by atoms with Crippen LogP contribution in [0.1, 0.15) is 37.7 Å². The van der Waals surface area contributed by atoms with Crippen molar-refractivity contribution in [3.63, 3.8) is 0 Å². The Kier molecular flexibility index (Phi) is 7.47. The molecular weight excluding hydrogens is 326 g/mol. The fourth-order valence-electron chi connectivity index (χ4n) is 3.88. The van der Waals surface area contributed by atoms with Gasteiger partial charge in [0.2, 0.25) is 5.91 Å². The molecule has 1 aromatic carbocycles. The minimum Gasteiger partial charge on any atom is -0.341 e. The number of nitrogens with zero attached hydrogens (tertiary/aromatic N) is 3. The van der Waals surface area contributed by atoms with Crippen LogP contribution in [0, 0.1) is 0 Å². The number of hydroxylamine groups is 2. The summed E-state index contributed by atoms with van der Waals surface area (Å²) < 4.78 is 0. The molecule has 26 heavy (non-hydrogen) atoms. The lowest BCUT2D eigenvalue weighted by molar-refractivity contribution is -0.182. The number of rotatable bonds is 7. The van der Waals surface area contributed by atoms with Crippen LogP contribution in [0.3, 0.4) is 0 Å². The third-order valence-electron chi connectivity index (χ3n) is 5.62. The summed E-state index contributed by atoms with van der Waals surface area (Å²) in [6.45, 7) is 5.29. The van der Waals surface area contributed by atoms with E-state index in [1.165, 1.54) is 18.4 Å². The van der Waals surface area contributed by atoms with Gasteiger partial charge in [0.15, 0.2) is 0 Å². The quantitative estimate of drug-likeness (QED) is 0.750. The number of likely N-dealkylation sites (tertiary alicyclic amines) is 1. The number of hydrogen-bond donors (Lipinski definition) is 0. The average Bonchev–Trinajstić information content (AvgIpc) is 2.72. The molecule has 1 aromatic rings. The van der Waals surface area contributed by atoms with Gasteiger partial charge in [0, 0.05) is 45.2 Å². The standard InChI is InChI=1S/C21H33N3O2/c1-22(15-11-19-8-3-2-4-9-19)20-10-7-13-23(18-20)21(25)12-16-24-14-5-6-17-26-24/h2-4,8-9,20H,5-7,10-18H2,1H3. The molecule has 144 valence electrons. The van der Waals surface area contributed by atoms with Crippen LogP contribution in [0.5, 0.6) is 0 Å². The molecule has 5 nitrogen and oxygen atoms in total. The van der Waals surface area contributed by atoms with E-state index in [-0.39, 0.29) is 5.91 Å². The molecular formula is C21H33N3O2. The molecule has 2 heterocycles. The molecule has 2 saturated heterocycles. The van der Waals surface area contributed by atoms with Crippen molar-refractivity contribution in [1.29, 1.82) is 0 Å². The van der Waals surface area contributed by atoms with Gasteiger partial charge in [-0.1, -0.05) is 30.3 Å². The summed E-state index contributed by atoms with van der Waals surface area (Å²) in [5.41, 5.74) is 1.38. The minimum atomic E-state index is 0.278. The largest absolute Gasteiger partial charge is 0.341 e. The van der Waals surface area contributed by atoms with Gasteiger partial charge in [-0.3, -0.25) is 9.63 Å². The number of likely N-dealkylation sites (N-methyl/N-ethyl adjacent to an activating group) is 1. The van der Waals surface area contributed by atoms with Gasteiger partial charge in [-0.25, -0.2) is 0 Å². The maximum atomic E-state index is 12.6. The Morgan fingerprint density at radius 1 is 1.19 bits per heavy atom. The molecule has 5 heteroatoms. The van der Waals surface area contributed by atoms with Crippen LogP contribution in [-0.4, -0.2) is 73.2 Å². The fraction of sp³-hybridized carbons (Fsp3) is 0.667. The lowest BCUT2D eigenvalue weighted by Crippen LogP contribution is -2.49. The number of carbonyl (C=O) groups is 1. The maximum absolute atomic E-state index is 12.6. The van der Waals surface area contributed by atoms with Gasteiger partial charge in [0.1, 0.15) is 0 Å². The van der Waals surface area contributed by atoms with E-state index in [2.05, 4.69) is 47.2 Å². The fourth-order valence-corrected chi connectivity index (χ4v) is 3.88. The zero-order valence-corrected chi connectivity index (χ0v) is 16.1. The van der Waals surface area contributed by atoms with Crippen LogP contribution in [-0.2, 0) is 16.1 Å². The van der Waals surface area contributed by atoms with Gasteiger partial charge >= 0.3 is 0 Å². The van der Waals surface area contributed by atoms with Crippen molar-refractivity contribution in [2.75, 3.05) is 46.4 Å². The van der Waals surface area contributed by atoms with Crippen molar-refractivity contribution in [2.45, 2.75) is 44.6 Å². The van der Waals surface area contributed by atoms with Crippen molar-refractivity contribution in [3.8, 4) is 0 Å². The minimum absolute atomic E-state index is 0.278. The summed E-state index contributed by atoms with van der Waals surface area (Å²) in [4.78, 5) is 22.7. The van der Waals surface area contributed by atoms with Crippen molar-refractivity contribution < 1.29 is 9.63 Å². The van der Waals surface area contributed by atoms with Crippen LogP contribution in [0.15, 0.2) is 30.3 Å². The molecule has 2 aliphatic rings. The van der Waals surface area contributed by atoms with E-state index in [4.69, 9.17) is 4.84 Å². The zero-order chi connectivity index (χ0) is 18.2. The number of hydrogen-bond acceptors (Lipinski definition) is 4. The molecule has 1 atom stereocenters. The molecule has 1 amide bonds. The molecule has 1 unspecified atom stereocenters. The smallest absolute Gasteiger partial charge is 0.224 e. The Hall–Kier alpha value is -1.43. The van der Waals surface area contributed by atoms with E-state index in [1.54, 1.807) is 0 Å². The molecule has 0 aromatic heterocycles. The Bertz CT molecular complexity index is 545. The highest BCUT2D eigenvalue weighted by Crippen LogP contribution is 2.17. The molecule has 0 aliphatic carbocycles. The Balaban J connectivity index is 1.41. The molecule has 0 N–H and O–H groups in total. The molecule has 2 aliphatic heterocycles. The topological polar surface area (TPSA) is 36.0 Å². The number of amides is 1. The number of carbonyl (C=O) groups excluding carboxylic acids is 1. The van der Waals surface area contributed by atoms with E-state index in [9.17, 15) is 4.79 Å². The zero-order valence-electron chi connectivity index (χ0n) is 16.1. The molecule has 0 radical (unpaired) electrons. The second-order valence-electron chi connectivity index (χ2n) is 7.57.